The van der Waals surface area contributed by atoms with Crippen LogP contribution in [-0.2, 0) is 0 Å². The first-order valence-corrected chi connectivity index (χ1v) is 6.56. The van der Waals surface area contributed by atoms with Crippen molar-refractivity contribution in [1.29, 1.82) is 0 Å². The summed E-state index contributed by atoms with van der Waals surface area (Å²) in [6.07, 6.45) is 0. The first-order valence-electron chi connectivity index (χ1n) is 5.30. The second-order valence-electron chi connectivity index (χ2n) is 3.80. The molecule has 0 unspecified atom stereocenters. The molecule has 0 aliphatic rings. The molecule has 2 aromatic rings. The highest BCUT2D eigenvalue weighted by atomic mass is 35.5. The van der Waals surface area contributed by atoms with Gasteiger partial charge in [-0.2, -0.15) is 0 Å². The predicted octanol–water partition coefficient (Wildman–Crippen LogP) is 2.46. The largest absolute Gasteiger partial charge is 0.366 e. The van der Waals surface area contributed by atoms with Gasteiger partial charge >= 0.3 is 0 Å². The van der Waals surface area contributed by atoms with Gasteiger partial charge in [-0.3, -0.25) is 9.59 Å². The smallest absolute Gasteiger partial charge is 0.256 e. The number of rotatable bonds is 3. The van der Waals surface area contributed by atoms with Gasteiger partial charge in [0.25, 0.3) is 11.8 Å². The lowest BCUT2D eigenvalue weighted by Gasteiger charge is -2.05. The van der Waals surface area contributed by atoms with Crippen molar-refractivity contribution in [2.45, 2.75) is 6.92 Å². The molecule has 0 aliphatic carbocycles. The topological polar surface area (TPSA) is 85.1 Å². The van der Waals surface area contributed by atoms with Crippen molar-refractivity contribution < 1.29 is 9.59 Å². The monoisotopic (exact) mass is 295 g/mol. The number of nitrogens with two attached hydrogens (primary N) is 1. The van der Waals surface area contributed by atoms with Crippen LogP contribution >= 0.6 is 22.9 Å². The fourth-order valence-electron chi connectivity index (χ4n) is 1.53. The van der Waals surface area contributed by atoms with E-state index in [0.29, 0.717) is 16.3 Å². The van der Waals surface area contributed by atoms with Crippen LogP contribution in [0.4, 0.5) is 5.00 Å². The number of nitrogens with one attached hydrogen (secondary N) is 1. The van der Waals surface area contributed by atoms with E-state index in [9.17, 15) is 9.59 Å². The molecule has 0 saturated carbocycles. The van der Waals surface area contributed by atoms with Gasteiger partial charge in [0.2, 0.25) is 0 Å². The molecule has 0 fully saturated rings. The minimum absolute atomic E-state index is 0.242. The molecule has 0 aliphatic heterocycles. The number of aryl methyl sites for hydroxylation is 1. The zero-order valence-corrected chi connectivity index (χ0v) is 11.5. The summed E-state index contributed by atoms with van der Waals surface area (Å²) in [6, 6.07) is 4.63. The van der Waals surface area contributed by atoms with Crippen LogP contribution in [0.1, 0.15) is 26.4 Å². The molecule has 2 rings (SSSR count). The van der Waals surface area contributed by atoms with E-state index in [0.717, 1.165) is 0 Å². The average Bonchev–Trinajstić information content (AvgIpc) is 2.75. The molecule has 3 N–H and O–H groups in total. The van der Waals surface area contributed by atoms with Gasteiger partial charge in [0.05, 0.1) is 5.56 Å². The van der Waals surface area contributed by atoms with Crippen molar-refractivity contribution in [3.8, 4) is 0 Å². The van der Waals surface area contributed by atoms with Crippen molar-refractivity contribution in [2.75, 3.05) is 5.32 Å². The summed E-state index contributed by atoms with van der Waals surface area (Å²) in [4.78, 5) is 27.2. The lowest BCUT2D eigenvalue weighted by Crippen LogP contribution is -2.16. The number of pyridine rings is 1. The number of carbonyl (C=O) groups excluding carboxylic acids is 2. The van der Waals surface area contributed by atoms with Gasteiger partial charge in [0.1, 0.15) is 10.2 Å². The summed E-state index contributed by atoms with van der Waals surface area (Å²) in [6.45, 7) is 1.74. The van der Waals surface area contributed by atoms with Gasteiger partial charge < -0.3 is 11.1 Å². The summed E-state index contributed by atoms with van der Waals surface area (Å²) in [5, 5.41) is 4.98. The summed E-state index contributed by atoms with van der Waals surface area (Å²) in [5.74, 6) is -0.946. The van der Waals surface area contributed by atoms with Crippen molar-refractivity contribution in [3.63, 3.8) is 0 Å². The van der Waals surface area contributed by atoms with E-state index in [4.69, 9.17) is 17.3 Å². The highest BCUT2D eigenvalue weighted by Crippen LogP contribution is 2.23. The number of halogens is 1. The number of thiophene rings is 1. The van der Waals surface area contributed by atoms with Crippen LogP contribution in [0.25, 0.3) is 0 Å². The van der Waals surface area contributed by atoms with E-state index in [1.165, 1.54) is 17.4 Å². The molecular weight excluding hydrogens is 286 g/mol. The molecule has 0 saturated heterocycles. The fourth-order valence-corrected chi connectivity index (χ4v) is 2.57. The number of primary amides is 1. The molecule has 0 aromatic carbocycles. The Morgan fingerprint density at radius 2 is 2.16 bits per heavy atom. The van der Waals surface area contributed by atoms with Gasteiger partial charge in [-0.25, -0.2) is 4.98 Å². The third-order valence-corrected chi connectivity index (χ3v) is 3.37. The van der Waals surface area contributed by atoms with Crippen LogP contribution in [0.2, 0.25) is 5.15 Å². The maximum atomic E-state index is 12.0. The number of nitrogens with zero attached hydrogens (tertiary/aromatic N) is 1. The van der Waals surface area contributed by atoms with Crippen LogP contribution in [0, 0.1) is 6.92 Å². The zero-order chi connectivity index (χ0) is 14.0. The molecule has 98 valence electrons. The van der Waals surface area contributed by atoms with Crippen LogP contribution in [0.5, 0.6) is 0 Å². The highest BCUT2D eigenvalue weighted by Gasteiger charge is 2.14. The van der Waals surface area contributed by atoms with Crippen LogP contribution < -0.4 is 11.1 Å². The normalized spacial score (nSPS) is 10.2. The van der Waals surface area contributed by atoms with Gasteiger partial charge in [-0.05, 0) is 30.5 Å². The summed E-state index contributed by atoms with van der Waals surface area (Å²) in [5.41, 5.74) is 6.51. The van der Waals surface area contributed by atoms with Gasteiger partial charge in [-0.15, -0.1) is 11.3 Å². The maximum Gasteiger partial charge on any atom is 0.256 e. The van der Waals surface area contributed by atoms with E-state index in [2.05, 4.69) is 10.3 Å². The van der Waals surface area contributed by atoms with Crippen molar-refractivity contribution in [3.05, 3.63) is 45.6 Å². The first kappa shape index (κ1) is 13.5. The highest BCUT2D eigenvalue weighted by molar-refractivity contribution is 7.14. The van der Waals surface area contributed by atoms with Crippen molar-refractivity contribution >= 4 is 39.8 Å². The number of hydrogen-bond donors (Lipinski definition) is 2. The minimum atomic E-state index is -0.583. The number of aromatic nitrogens is 1. The average molecular weight is 296 g/mol. The minimum Gasteiger partial charge on any atom is -0.366 e. The van der Waals surface area contributed by atoms with Gasteiger partial charge in [-0.1, -0.05) is 11.6 Å². The SMILES string of the molecule is Cc1cc(C(=O)Nc2sccc2C(N)=O)cc(Cl)n1. The number of amides is 2. The molecular formula is C12H10ClN3O2S. The summed E-state index contributed by atoms with van der Waals surface area (Å²) < 4.78 is 0. The van der Waals surface area contributed by atoms with Crippen LogP contribution in [0.15, 0.2) is 23.6 Å². The number of hydrogen-bond acceptors (Lipinski definition) is 4. The third kappa shape index (κ3) is 3.10. The van der Waals surface area contributed by atoms with E-state index >= 15 is 0 Å². The molecule has 7 heteroatoms. The van der Waals surface area contributed by atoms with Crippen LogP contribution in [-0.4, -0.2) is 16.8 Å². The lowest BCUT2D eigenvalue weighted by molar-refractivity contribution is 0.100. The Morgan fingerprint density at radius 3 is 2.79 bits per heavy atom. The van der Waals surface area contributed by atoms with Crippen molar-refractivity contribution in [1.82, 2.24) is 4.98 Å². The second-order valence-corrected chi connectivity index (χ2v) is 5.11. The van der Waals surface area contributed by atoms with E-state index in [1.54, 1.807) is 24.4 Å². The van der Waals surface area contributed by atoms with E-state index in [-0.39, 0.29) is 16.6 Å². The number of anilines is 1. The van der Waals surface area contributed by atoms with E-state index in [1.807, 2.05) is 0 Å². The van der Waals surface area contributed by atoms with E-state index < -0.39 is 5.91 Å². The summed E-state index contributed by atoms with van der Waals surface area (Å²) in [7, 11) is 0. The quantitative estimate of drug-likeness (QED) is 0.853. The summed E-state index contributed by atoms with van der Waals surface area (Å²) >= 11 is 7.02. The maximum absolute atomic E-state index is 12.0. The van der Waals surface area contributed by atoms with Crippen molar-refractivity contribution in [2.24, 2.45) is 5.73 Å². The second kappa shape index (κ2) is 5.38. The Morgan fingerprint density at radius 1 is 1.42 bits per heavy atom. The Balaban J connectivity index is 2.25. The standard InChI is InChI=1S/C12H10ClN3O2S/c1-6-4-7(5-9(13)15-6)11(18)16-12-8(10(14)17)2-3-19-12/h2-5H,1H3,(H2,14,17)(H,16,18). The molecule has 19 heavy (non-hydrogen) atoms. The molecule has 2 amide bonds. The Labute approximate surface area is 118 Å². The molecule has 0 spiro atoms. The molecule has 2 heterocycles. The van der Waals surface area contributed by atoms with Gasteiger partial charge in [0.15, 0.2) is 0 Å². The Bertz CT molecular complexity index is 634. The molecule has 2 aromatic heterocycles. The first-order chi connectivity index (χ1) is 8.97. The van der Waals surface area contributed by atoms with Crippen LogP contribution in [0.3, 0.4) is 0 Å². The molecule has 0 radical (unpaired) electrons. The third-order valence-electron chi connectivity index (χ3n) is 2.34. The lowest BCUT2D eigenvalue weighted by atomic mass is 10.2. The fraction of sp³-hybridized carbons (Fsp3) is 0.0833. The van der Waals surface area contributed by atoms with Gasteiger partial charge in [0, 0.05) is 11.3 Å². The Kier molecular flexibility index (Phi) is 3.82. The number of carbonyl (C=O) groups is 2. The Hall–Kier alpha value is -1.92. The molecule has 5 nitrogen and oxygen atoms in total. The molecule has 0 bridgehead atoms. The predicted molar refractivity (Wildman–Crippen MR) is 74.8 cm³/mol. The zero-order valence-electron chi connectivity index (χ0n) is 9.94. The molecule has 0 atom stereocenters.